The van der Waals surface area contributed by atoms with Gasteiger partial charge in [0.05, 0.1) is 19.3 Å². The number of nitrogens with zero attached hydrogens (tertiary/aromatic N) is 1. The molecule has 3 aromatic carbocycles. The fourth-order valence-electron chi connectivity index (χ4n) is 7.23. The van der Waals surface area contributed by atoms with Crippen LogP contribution in [0.2, 0.25) is 0 Å². The molecule has 3 heterocycles. The Morgan fingerprint density at radius 3 is 2.67 bits per heavy atom. The average molecular weight is 608 g/mol. The van der Waals surface area contributed by atoms with Crippen LogP contribution in [0.25, 0.3) is 33.1 Å². The summed E-state index contributed by atoms with van der Waals surface area (Å²) in [6, 6.07) is 16.6. The summed E-state index contributed by atoms with van der Waals surface area (Å²) >= 11 is 0. The molecule has 1 fully saturated rings. The van der Waals surface area contributed by atoms with Gasteiger partial charge in [-0.1, -0.05) is 25.3 Å². The van der Waals surface area contributed by atoms with Gasteiger partial charge < -0.3 is 34.6 Å². The number of phenolic OH excluding ortho intramolecular Hbond substituents is 1. The summed E-state index contributed by atoms with van der Waals surface area (Å²) in [6.07, 6.45) is 7.60. The van der Waals surface area contributed by atoms with Crippen molar-refractivity contribution in [2.75, 3.05) is 13.7 Å². The van der Waals surface area contributed by atoms with Crippen molar-refractivity contribution in [2.24, 2.45) is 0 Å². The summed E-state index contributed by atoms with van der Waals surface area (Å²) in [5.41, 5.74) is 4.64. The first kappa shape index (κ1) is 28.8. The molecule has 0 unspecified atom stereocenters. The van der Waals surface area contributed by atoms with Crippen LogP contribution < -0.4 is 14.8 Å². The Kier molecular flexibility index (Phi) is 7.19. The molecule has 1 atom stereocenters. The number of carboxylic acid groups (broad SMARTS) is 1. The lowest BCUT2D eigenvalue weighted by molar-refractivity contribution is -0.143. The molecule has 2 aromatic heterocycles. The van der Waals surface area contributed by atoms with Crippen molar-refractivity contribution in [1.82, 2.24) is 14.9 Å². The largest absolute Gasteiger partial charge is 0.508 e. The minimum atomic E-state index is -1.60. The Morgan fingerprint density at radius 2 is 1.89 bits per heavy atom. The summed E-state index contributed by atoms with van der Waals surface area (Å²) < 4.78 is 14.0. The molecular weight excluding hydrogens is 570 g/mol. The highest BCUT2D eigenvalue weighted by atomic mass is 16.5. The number of aromatic nitrogens is 2. The van der Waals surface area contributed by atoms with Gasteiger partial charge in [-0.2, -0.15) is 0 Å². The van der Waals surface area contributed by atoms with Crippen molar-refractivity contribution < 1.29 is 29.3 Å². The van der Waals surface area contributed by atoms with Gasteiger partial charge >= 0.3 is 5.97 Å². The zero-order chi connectivity index (χ0) is 31.3. The van der Waals surface area contributed by atoms with Crippen LogP contribution in [0.3, 0.4) is 0 Å². The molecule has 0 spiro atoms. The van der Waals surface area contributed by atoms with E-state index in [0.717, 1.165) is 52.0 Å². The van der Waals surface area contributed by atoms with Gasteiger partial charge in [0.1, 0.15) is 29.4 Å². The molecule has 9 heteroatoms. The predicted molar refractivity (Wildman–Crippen MR) is 172 cm³/mol. The van der Waals surface area contributed by atoms with E-state index in [1.807, 2.05) is 24.3 Å². The lowest BCUT2D eigenvalue weighted by Gasteiger charge is -2.26. The maximum absolute atomic E-state index is 13.8. The lowest BCUT2D eigenvalue weighted by Crippen LogP contribution is -2.53. The molecule has 0 saturated heterocycles. The number of rotatable bonds is 7. The number of aromatic hydroxyl groups is 1. The molecule has 1 aliphatic heterocycles. The zero-order valence-corrected chi connectivity index (χ0v) is 25.5. The van der Waals surface area contributed by atoms with Crippen LogP contribution in [0.4, 0.5) is 0 Å². The molecule has 5 aromatic rings. The van der Waals surface area contributed by atoms with Crippen LogP contribution in [0.15, 0.2) is 60.8 Å². The molecule has 4 N–H and O–H groups in total. The van der Waals surface area contributed by atoms with Crippen molar-refractivity contribution in [2.45, 2.75) is 63.5 Å². The van der Waals surface area contributed by atoms with Crippen LogP contribution in [0.5, 0.6) is 17.2 Å². The monoisotopic (exact) mass is 607 g/mol. The molecule has 2 aliphatic rings. The predicted octanol–water partition coefficient (Wildman–Crippen LogP) is 6.76. The molecule has 0 radical (unpaired) electrons. The number of methoxy groups -OCH3 is 1. The second kappa shape index (κ2) is 11.2. The molecule has 0 bridgehead atoms. The van der Waals surface area contributed by atoms with E-state index < -0.39 is 17.4 Å². The maximum Gasteiger partial charge on any atom is 0.329 e. The number of carbonyl (C=O) groups is 2. The fourth-order valence-corrected chi connectivity index (χ4v) is 7.23. The smallest absolute Gasteiger partial charge is 0.329 e. The number of aromatic amines is 1. The van der Waals surface area contributed by atoms with Gasteiger partial charge in [-0.25, -0.2) is 4.79 Å². The number of carboxylic acids is 1. The van der Waals surface area contributed by atoms with E-state index in [9.17, 15) is 19.8 Å². The van der Waals surface area contributed by atoms with Crippen molar-refractivity contribution >= 4 is 33.7 Å². The van der Waals surface area contributed by atoms with E-state index in [1.54, 1.807) is 37.6 Å². The van der Waals surface area contributed by atoms with Gasteiger partial charge in [0.2, 0.25) is 0 Å². The highest BCUT2D eigenvalue weighted by molar-refractivity contribution is 6.03. The Labute approximate surface area is 260 Å². The van der Waals surface area contributed by atoms with Gasteiger partial charge in [0.15, 0.2) is 0 Å². The number of fused-ring (bicyclic) bond motifs is 6. The van der Waals surface area contributed by atoms with Gasteiger partial charge in [0, 0.05) is 51.6 Å². The number of hydrogen-bond acceptors (Lipinski definition) is 5. The molecule has 9 nitrogen and oxygen atoms in total. The number of amides is 1. The van der Waals surface area contributed by atoms with Crippen molar-refractivity contribution in [1.29, 1.82) is 0 Å². The first-order valence-corrected chi connectivity index (χ1v) is 15.6. The molecular formula is C36H37N3O6. The minimum absolute atomic E-state index is 0.0315. The average Bonchev–Trinajstić information content (AvgIpc) is 3.52. The van der Waals surface area contributed by atoms with E-state index in [-0.39, 0.29) is 12.2 Å². The molecule has 1 amide bonds. The van der Waals surface area contributed by atoms with Crippen molar-refractivity contribution in [3.63, 3.8) is 0 Å². The first-order chi connectivity index (χ1) is 21.8. The summed E-state index contributed by atoms with van der Waals surface area (Å²) in [7, 11) is 1.65. The van der Waals surface area contributed by atoms with Gasteiger partial charge in [0.25, 0.3) is 5.91 Å². The number of H-pyrrole nitrogens is 1. The van der Waals surface area contributed by atoms with Crippen LogP contribution in [-0.2, 0) is 17.8 Å². The number of carbonyl (C=O) groups excluding carboxylic acids is 1. The Hall–Kier alpha value is -4.92. The van der Waals surface area contributed by atoms with Gasteiger partial charge in [-0.3, -0.25) is 4.79 Å². The van der Waals surface area contributed by atoms with E-state index in [2.05, 4.69) is 20.9 Å². The van der Waals surface area contributed by atoms with E-state index in [0.29, 0.717) is 35.6 Å². The molecule has 1 aliphatic carbocycles. The quantitative estimate of drug-likeness (QED) is 0.162. The number of benzene rings is 3. The summed E-state index contributed by atoms with van der Waals surface area (Å²) in [5.74, 6) is 0.400. The van der Waals surface area contributed by atoms with Crippen molar-refractivity contribution in [3.8, 4) is 28.5 Å². The lowest BCUT2D eigenvalue weighted by atomic mass is 9.81. The third-order valence-electron chi connectivity index (χ3n) is 9.55. The maximum atomic E-state index is 13.8. The molecule has 45 heavy (non-hydrogen) atoms. The van der Waals surface area contributed by atoms with Crippen molar-refractivity contribution in [3.05, 3.63) is 77.5 Å². The summed E-state index contributed by atoms with van der Waals surface area (Å²) in [4.78, 5) is 29.5. The van der Waals surface area contributed by atoms with Crippen LogP contribution in [0.1, 0.15) is 66.4 Å². The van der Waals surface area contributed by atoms with E-state index in [4.69, 9.17) is 9.47 Å². The van der Waals surface area contributed by atoms with Crippen LogP contribution in [-0.4, -0.2) is 50.9 Å². The second-order valence-corrected chi connectivity index (χ2v) is 12.5. The highest BCUT2D eigenvalue weighted by Gasteiger charge is 2.37. The van der Waals surface area contributed by atoms with Gasteiger partial charge in [-0.15, -0.1) is 0 Å². The minimum Gasteiger partial charge on any atom is -0.508 e. The fraction of sp³-hybridized carbons (Fsp3) is 0.333. The number of phenols is 1. The zero-order valence-electron chi connectivity index (χ0n) is 25.5. The van der Waals surface area contributed by atoms with E-state index >= 15 is 0 Å². The standard InChI is InChI=1S/C36H37N3O6/c1-36(35(42)43,19-23-20-37-29-13-9-24(40)17-28(23)29)38-34(41)22-8-11-26-30(16-22)39-14-15-45-31-18-25(44-2)10-12-27(31)33(39)32(26)21-6-4-3-5-7-21/h8-13,16-18,20-21,37,40H,3-7,14-15,19H2,1-2H3,(H,38,41)(H,42,43)/t36-/m0/s1. The third-order valence-corrected chi connectivity index (χ3v) is 9.55. The Balaban J connectivity index is 1.29. The van der Waals surface area contributed by atoms with Gasteiger partial charge in [-0.05, 0) is 79.3 Å². The SMILES string of the molecule is COc1ccc2c(c1)OCCn1c-2c(C2CCCCC2)c2ccc(C(=O)N[C@@](C)(Cc3c[nH]c4ccc(O)cc34)C(=O)O)cc21. The van der Waals surface area contributed by atoms with Crippen LogP contribution >= 0.6 is 0 Å². The normalized spacial score (nSPS) is 16.3. The highest BCUT2D eigenvalue weighted by Crippen LogP contribution is 2.47. The number of ether oxygens (including phenoxy) is 2. The Bertz CT molecular complexity index is 1950. The molecule has 7 rings (SSSR count). The topological polar surface area (TPSA) is 126 Å². The van der Waals surface area contributed by atoms with Crippen LogP contribution in [0, 0.1) is 0 Å². The molecule has 1 saturated carbocycles. The molecule has 232 valence electrons. The number of nitrogens with one attached hydrogen (secondary N) is 2. The second-order valence-electron chi connectivity index (χ2n) is 12.5. The Morgan fingerprint density at radius 1 is 1.07 bits per heavy atom. The number of hydrogen-bond donors (Lipinski definition) is 4. The number of aliphatic carboxylic acids is 1. The van der Waals surface area contributed by atoms with E-state index in [1.165, 1.54) is 31.7 Å². The summed E-state index contributed by atoms with van der Waals surface area (Å²) in [5, 5.41) is 25.0. The summed E-state index contributed by atoms with van der Waals surface area (Å²) in [6.45, 7) is 2.59. The first-order valence-electron chi connectivity index (χ1n) is 15.6. The third kappa shape index (κ3) is 5.06.